The standard InChI is InChI=1S/C33H48N2O5S2/c1-5-6-22-42(38,39)35(20-18-26-13-8-7-9-14-26)24-27-16-17-29(30(23-27)28-15-11-10-12-25(28)2)32(36)34-31(19-21-41-4)33(37)40-3/h10-12,15-17,23,26,31H,5-9,13-14,18-22,24H2,1-4H3,(H,34,36)/t31-/m0/s1. The van der Waals surface area contributed by atoms with Crippen LogP contribution in [0, 0.1) is 12.8 Å². The molecule has 7 nitrogen and oxygen atoms in total. The molecule has 1 atom stereocenters. The Morgan fingerprint density at radius 2 is 1.83 bits per heavy atom. The molecular formula is C33H48N2O5S2. The zero-order valence-corrected chi connectivity index (χ0v) is 27.3. The highest BCUT2D eigenvalue weighted by molar-refractivity contribution is 7.98. The first kappa shape index (κ1) is 34.1. The van der Waals surface area contributed by atoms with Crippen LogP contribution in [0.25, 0.3) is 11.1 Å². The van der Waals surface area contributed by atoms with Gasteiger partial charge in [0.05, 0.1) is 12.9 Å². The Bertz CT molecular complexity index is 1270. The van der Waals surface area contributed by atoms with Crippen LogP contribution in [0.4, 0.5) is 0 Å². The van der Waals surface area contributed by atoms with Gasteiger partial charge in [0.2, 0.25) is 10.0 Å². The zero-order valence-electron chi connectivity index (χ0n) is 25.7. The minimum absolute atomic E-state index is 0.143. The molecule has 1 fully saturated rings. The summed E-state index contributed by atoms with van der Waals surface area (Å²) in [4.78, 5) is 26.0. The number of nitrogens with zero attached hydrogens (tertiary/aromatic N) is 1. The second-order valence-corrected chi connectivity index (χ2v) is 14.4. The summed E-state index contributed by atoms with van der Waals surface area (Å²) in [5.41, 5.74) is 3.88. The van der Waals surface area contributed by atoms with Crippen molar-refractivity contribution in [2.24, 2.45) is 5.92 Å². The maximum absolute atomic E-state index is 13.6. The van der Waals surface area contributed by atoms with Gasteiger partial charge in [-0.3, -0.25) is 4.79 Å². The van der Waals surface area contributed by atoms with Crippen LogP contribution in [0.1, 0.15) is 86.2 Å². The monoisotopic (exact) mass is 616 g/mol. The van der Waals surface area contributed by atoms with Gasteiger partial charge in [-0.1, -0.05) is 75.8 Å². The fourth-order valence-corrected chi connectivity index (χ4v) is 7.74. The molecule has 2 aromatic rings. The molecule has 1 amide bonds. The van der Waals surface area contributed by atoms with Crippen molar-refractivity contribution in [1.29, 1.82) is 0 Å². The van der Waals surface area contributed by atoms with Crippen LogP contribution in [0.3, 0.4) is 0 Å². The maximum atomic E-state index is 13.6. The molecule has 1 N–H and O–H groups in total. The minimum atomic E-state index is -3.43. The van der Waals surface area contributed by atoms with Crippen molar-refractivity contribution in [3.8, 4) is 11.1 Å². The number of hydrogen-bond acceptors (Lipinski definition) is 6. The summed E-state index contributed by atoms with van der Waals surface area (Å²) in [6, 6.07) is 12.6. The summed E-state index contributed by atoms with van der Waals surface area (Å²) in [5.74, 6) is 0.584. The normalized spacial score (nSPS) is 15.0. The smallest absolute Gasteiger partial charge is 0.328 e. The lowest BCUT2D eigenvalue weighted by Gasteiger charge is -2.27. The molecule has 0 unspecified atom stereocenters. The summed E-state index contributed by atoms with van der Waals surface area (Å²) >= 11 is 1.60. The van der Waals surface area contributed by atoms with E-state index in [0.29, 0.717) is 36.6 Å². The van der Waals surface area contributed by atoms with Gasteiger partial charge in [-0.15, -0.1) is 0 Å². The number of benzene rings is 2. The van der Waals surface area contributed by atoms with Crippen LogP contribution in [0.2, 0.25) is 0 Å². The van der Waals surface area contributed by atoms with Crippen molar-refractivity contribution >= 4 is 33.7 Å². The first-order chi connectivity index (χ1) is 20.2. The summed E-state index contributed by atoms with van der Waals surface area (Å²) in [5, 5.41) is 2.88. The third-order valence-corrected chi connectivity index (χ3v) is 10.7. The van der Waals surface area contributed by atoms with Gasteiger partial charge >= 0.3 is 5.97 Å². The van der Waals surface area contributed by atoms with Gasteiger partial charge in [0.1, 0.15) is 6.04 Å². The second-order valence-electron chi connectivity index (χ2n) is 11.3. The van der Waals surface area contributed by atoms with Crippen LogP contribution >= 0.6 is 11.8 Å². The predicted molar refractivity (Wildman–Crippen MR) is 173 cm³/mol. The first-order valence-corrected chi connectivity index (χ1v) is 18.2. The summed E-state index contributed by atoms with van der Waals surface area (Å²) < 4.78 is 33.5. The van der Waals surface area contributed by atoms with Gasteiger partial charge in [-0.2, -0.15) is 16.1 Å². The first-order valence-electron chi connectivity index (χ1n) is 15.2. The van der Waals surface area contributed by atoms with Crippen molar-refractivity contribution in [3.05, 3.63) is 59.2 Å². The van der Waals surface area contributed by atoms with E-state index in [1.165, 1.54) is 39.2 Å². The summed E-state index contributed by atoms with van der Waals surface area (Å²) in [7, 11) is -2.11. The molecule has 9 heteroatoms. The van der Waals surface area contributed by atoms with Gasteiger partial charge in [0.25, 0.3) is 5.91 Å². The molecule has 0 aromatic heterocycles. The molecule has 0 radical (unpaired) electrons. The molecule has 0 heterocycles. The number of aryl methyl sites for hydroxylation is 1. The van der Waals surface area contributed by atoms with Crippen molar-refractivity contribution in [1.82, 2.24) is 9.62 Å². The molecule has 1 aliphatic carbocycles. The number of thioether (sulfide) groups is 1. The summed E-state index contributed by atoms with van der Waals surface area (Å²) in [6.07, 6.45) is 10.8. The Balaban J connectivity index is 1.95. The fourth-order valence-electron chi connectivity index (χ4n) is 5.63. The van der Waals surface area contributed by atoms with Gasteiger partial charge in [-0.05, 0) is 78.5 Å². The molecule has 1 aliphatic rings. The number of carbonyl (C=O) groups is 2. The molecular weight excluding hydrogens is 569 g/mol. The van der Waals surface area contributed by atoms with E-state index in [1.807, 2.05) is 56.5 Å². The van der Waals surface area contributed by atoms with Crippen LogP contribution in [0.15, 0.2) is 42.5 Å². The number of unbranched alkanes of at least 4 members (excludes halogenated alkanes) is 1. The van der Waals surface area contributed by atoms with E-state index in [9.17, 15) is 18.0 Å². The van der Waals surface area contributed by atoms with Gasteiger partial charge in [0, 0.05) is 18.7 Å². The van der Waals surface area contributed by atoms with Crippen molar-refractivity contribution in [2.75, 3.05) is 31.4 Å². The Morgan fingerprint density at radius 1 is 1.10 bits per heavy atom. The number of amides is 1. The lowest BCUT2D eigenvalue weighted by molar-refractivity contribution is -0.142. The lowest BCUT2D eigenvalue weighted by Crippen LogP contribution is -2.42. The Labute approximate surface area is 257 Å². The zero-order chi connectivity index (χ0) is 30.5. The Morgan fingerprint density at radius 3 is 2.50 bits per heavy atom. The van der Waals surface area contributed by atoms with E-state index < -0.39 is 22.0 Å². The van der Waals surface area contributed by atoms with Gasteiger partial charge in [-0.25, -0.2) is 13.2 Å². The predicted octanol–water partition coefficient (Wildman–Crippen LogP) is 6.59. The van der Waals surface area contributed by atoms with Crippen LogP contribution in [0.5, 0.6) is 0 Å². The van der Waals surface area contributed by atoms with Crippen molar-refractivity contribution in [2.45, 2.75) is 84.2 Å². The van der Waals surface area contributed by atoms with E-state index >= 15 is 0 Å². The largest absolute Gasteiger partial charge is 0.467 e. The molecule has 0 spiro atoms. The molecule has 0 saturated heterocycles. The molecule has 2 aromatic carbocycles. The van der Waals surface area contributed by atoms with Crippen LogP contribution in [-0.4, -0.2) is 62.1 Å². The number of nitrogens with one attached hydrogen (secondary N) is 1. The maximum Gasteiger partial charge on any atom is 0.328 e. The molecule has 1 saturated carbocycles. The quantitative estimate of drug-likeness (QED) is 0.214. The minimum Gasteiger partial charge on any atom is -0.467 e. The van der Waals surface area contributed by atoms with Gasteiger partial charge in [0.15, 0.2) is 0 Å². The van der Waals surface area contributed by atoms with E-state index in [2.05, 4.69) is 5.32 Å². The van der Waals surface area contributed by atoms with Crippen molar-refractivity contribution in [3.63, 3.8) is 0 Å². The average molecular weight is 617 g/mol. The number of rotatable bonds is 16. The topological polar surface area (TPSA) is 92.8 Å². The highest BCUT2D eigenvalue weighted by atomic mass is 32.2. The van der Waals surface area contributed by atoms with Crippen LogP contribution < -0.4 is 5.32 Å². The van der Waals surface area contributed by atoms with Crippen molar-refractivity contribution < 1.29 is 22.7 Å². The number of hydrogen-bond donors (Lipinski definition) is 1. The average Bonchev–Trinajstić information content (AvgIpc) is 3.00. The SMILES string of the molecule is CCCCS(=O)(=O)N(CCC1CCCCC1)Cc1ccc(C(=O)N[C@@H](CCSC)C(=O)OC)c(-c2ccccc2C)c1. The summed E-state index contributed by atoms with van der Waals surface area (Å²) in [6.45, 7) is 4.77. The molecule has 42 heavy (non-hydrogen) atoms. The fraction of sp³-hybridized carbons (Fsp3) is 0.576. The molecule has 0 aliphatic heterocycles. The third kappa shape index (κ3) is 9.85. The lowest BCUT2D eigenvalue weighted by atomic mass is 9.87. The third-order valence-electron chi connectivity index (χ3n) is 8.19. The number of methoxy groups -OCH3 is 1. The molecule has 232 valence electrons. The second kappa shape index (κ2) is 17.1. The number of carbonyl (C=O) groups excluding carboxylic acids is 2. The molecule has 0 bridgehead atoms. The Kier molecular flexibility index (Phi) is 13.9. The van der Waals surface area contributed by atoms with E-state index in [4.69, 9.17) is 4.74 Å². The van der Waals surface area contributed by atoms with E-state index in [1.54, 1.807) is 22.1 Å². The number of esters is 1. The van der Waals surface area contributed by atoms with Crippen LogP contribution in [-0.2, 0) is 26.1 Å². The number of ether oxygens (including phenoxy) is 1. The number of sulfonamides is 1. The van der Waals surface area contributed by atoms with E-state index in [0.717, 1.165) is 35.1 Å². The highest BCUT2D eigenvalue weighted by Crippen LogP contribution is 2.30. The van der Waals surface area contributed by atoms with E-state index in [-0.39, 0.29) is 18.2 Å². The highest BCUT2D eigenvalue weighted by Gasteiger charge is 2.26. The molecule has 3 rings (SSSR count). The Hall–Kier alpha value is -2.36. The van der Waals surface area contributed by atoms with Gasteiger partial charge < -0.3 is 10.1 Å².